The molecule has 1 aliphatic carbocycles. The van der Waals surface area contributed by atoms with Crippen LogP contribution in [0.1, 0.15) is 52.9 Å². The predicted molar refractivity (Wildman–Crippen MR) is 79.1 cm³/mol. The molecule has 2 unspecified atom stereocenters. The highest BCUT2D eigenvalue weighted by Crippen LogP contribution is 2.22. The number of carbonyl (C=O) groups excluding carboxylic acids is 2. The first-order chi connectivity index (χ1) is 9.49. The van der Waals surface area contributed by atoms with Gasteiger partial charge in [0, 0.05) is 6.54 Å². The summed E-state index contributed by atoms with van der Waals surface area (Å²) in [4.78, 5) is 26.3. The van der Waals surface area contributed by atoms with Crippen LogP contribution in [0.5, 0.6) is 0 Å². The van der Waals surface area contributed by atoms with Crippen LogP contribution >= 0.6 is 0 Å². The molecule has 2 aliphatic rings. The van der Waals surface area contributed by atoms with E-state index in [9.17, 15) is 9.59 Å². The highest BCUT2D eigenvalue weighted by atomic mass is 16.2. The van der Waals surface area contributed by atoms with Crippen LogP contribution in [0.3, 0.4) is 0 Å². The van der Waals surface area contributed by atoms with Gasteiger partial charge < -0.3 is 10.2 Å². The molecule has 1 fully saturated rings. The van der Waals surface area contributed by atoms with Crippen molar-refractivity contribution in [1.82, 2.24) is 10.2 Å². The first-order valence-electron chi connectivity index (χ1n) is 7.77. The molecule has 1 aliphatic heterocycles. The lowest BCUT2D eigenvalue weighted by Crippen LogP contribution is -2.62. The van der Waals surface area contributed by atoms with E-state index in [1.165, 1.54) is 12.0 Å². The fourth-order valence-electron chi connectivity index (χ4n) is 3.05. The van der Waals surface area contributed by atoms with Crippen molar-refractivity contribution < 1.29 is 9.59 Å². The molecule has 1 heterocycles. The lowest BCUT2D eigenvalue weighted by molar-refractivity contribution is -0.149. The molecule has 0 aromatic carbocycles. The zero-order valence-electron chi connectivity index (χ0n) is 12.8. The Morgan fingerprint density at radius 3 is 2.75 bits per heavy atom. The predicted octanol–water partition coefficient (Wildman–Crippen LogP) is 2.25. The van der Waals surface area contributed by atoms with Crippen LogP contribution < -0.4 is 5.32 Å². The van der Waals surface area contributed by atoms with Crippen molar-refractivity contribution in [2.24, 2.45) is 5.92 Å². The fourth-order valence-corrected chi connectivity index (χ4v) is 3.05. The summed E-state index contributed by atoms with van der Waals surface area (Å²) in [7, 11) is 0. The number of carbonyl (C=O) groups is 2. The van der Waals surface area contributed by atoms with Crippen molar-refractivity contribution in [2.45, 2.75) is 65.0 Å². The van der Waals surface area contributed by atoms with E-state index in [1.54, 1.807) is 4.90 Å². The van der Waals surface area contributed by atoms with E-state index in [-0.39, 0.29) is 23.9 Å². The Bertz CT molecular complexity index is 415. The Morgan fingerprint density at radius 1 is 1.40 bits per heavy atom. The molecule has 4 heteroatoms. The maximum Gasteiger partial charge on any atom is 0.245 e. The number of amides is 2. The van der Waals surface area contributed by atoms with Gasteiger partial charge in [0.15, 0.2) is 0 Å². The van der Waals surface area contributed by atoms with E-state index in [2.05, 4.69) is 25.2 Å². The molecule has 112 valence electrons. The van der Waals surface area contributed by atoms with Crippen molar-refractivity contribution in [3.63, 3.8) is 0 Å². The van der Waals surface area contributed by atoms with Crippen LogP contribution in [0.15, 0.2) is 11.6 Å². The van der Waals surface area contributed by atoms with Crippen LogP contribution in [-0.4, -0.2) is 35.3 Å². The van der Waals surface area contributed by atoms with Crippen LogP contribution in [-0.2, 0) is 9.59 Å². The lowest BCUT2D eigenvalue weighted by atomic mass is 9.98. The van der Waals surface area contributed by atoms with Gasteiger partial charge in [-0.05, 0) is 44.9 Å². The van der Waals surface area contributed by atoms with Crippen molar-refractivity contribution in [1.29, 1.82) is 0 Å². The SMILES string of the molecule is CC(C)CC1NC(=O)C(C)N(CCC2=CCCC2)C1=O. The Morgan fingerprint density at radius 2 is 2.15 bits per heavy atom. The molecule has 20 heavy (non-hydrogen) atoms. The summed E-state index contributed by atoms with van der Waals surface area (Å²) in [6.45, 7) is 6.64. The van der Waals surface area contributed by atoms with E-state index >= 15 is 0 Å². The third kappa shape index (κ3) is 3.41. The Hall–Kier alpha value is -1.32. The topological polar surface area (TPSA) is 49.4 Å². The molecule has 1 saturated heterocycles. The Balaban J connectivity index is 1.99. The Kier molecular flexibility index (Phi) is 4.84. The third-order valence-electron chi connectivity index (χ3n) is 4.26. The molecule has 4 nitrogen and oxygen atoms in total. The second-order valence-corrected chi connectivity index (χ2v) is 6.40. The van der Waals surface area contributed by atoms with E-state index in [1.807, 2.05) is 6.92 Å². The maximum atomic E-state index is 12.5. The van der Waals surface area contributed by atoms with Crippen LogP contribution in [0.2, 0.25) is 0 Å². The average Bonchev–Trinajstić information content (AvgIpc) is 2.88. The molecule has 0 spiro atoms. The first-order valence-corrected chi connectivity index (χ1v) is 7.77. The van der Waals surface area contributed by atoms with Crippen molar-refractivity contribution >= 4 is 11.8 Å². The van der Waals surface area contributed by atoms with E-state index in [0.29, 0.717) is 12.5 Å². The summed E-state index contributed by atoms with van der Waals surface area (Å²) < 4.78 is 0. The minimum atomic E-state index is -0.340. The smallest absolute Gasteiger partial charge is 0.245 e. The molecule has 0 aromatic heterocycles. The second-order valence-electron chi connectivity index (χ2n) is 6.40. The summed E-state index contributed by atoms with van der Waals surface area (Å²) in [5.41, 5.74) is 1.44. The van der Waals surface area contributed by atoms with Gasteiger partial charge in [-0.15, -0.1) is 0 Å². The number of rotatable bonds is 5. The average molecular weight is 278 g/mol. The number of allylic oxidation sites excluding steroid dienone is 1. The highest BCUT2D eigenvalue weighted by molar-refractivity contribution is 5.96. The van der Waals surface area contributed by atoms with Gasteiger partial charge in [-0.25, -0.2) is 0 Å². The van der Waals surface area contributed by atoms with Gasteiger partial charge in [0.25, 0.3) is 0 Å². The molecule has 2 atom stereocenters. The molecule has 1 N–H and O–H groups in total. The summed E-state index contributed by atoms with van der Waals surface area (Å²) in [5, 5.41) is 2.86. The molecule has 0 aromatic rings. The van der Waals surface area contributed by atoms with Crippen LogP contribution in [0.25, 0.3) is 0 Å². The van der Waals surface area contributed by atoms with Crippen LogP contribution in [0.4, 0.5) is 0 Å². The summed E-state index contributed by atoms with van der Waals surface area (Å²) >= 11 is 0. The summed E-state index contributed by atoms with van der Waals surface area (Å²) in [6, 6.07) is -0.677. The zero-order chi connectivity index (χ0) is 14.7. The zero-order valence-corrected chi connectivity index (χ0v) is 12.8. The number of hydrogen-bond acceptors (Lipinski definition) is 2. The van der Waals surface area contributed by atoms with Crippen molar-refractivity contribution in [3.05, 3.63) is 11.6 Å². The molecule has 0 saturated carbocycles. The van der Waals surface area contributed by atoms with Gasteiger partial charge in [0.05, 0.1) is 0 Å². The second kappa shape index (κ2) is 6.42. The fraction of sp³-hybridized carbons (Fsp3) is 0.750. The standard InChI is InChI=1S/C16H26N2O2/c1-11(2)10-14-16(20)18(12(3)15(19)17-14)9-8-13-6-4-5-7-13/h6,11-12,14H,4-5,7-10H2,1-3H3,(H,17,19). The molecular weight excluding hydrogens is 252 g/mol. The molecule has 0 bridgehead atoms. The number of nitrogens with one attached hydrogen (secondary N) is 1. The maximum absolute atomic E-state index is 12.5. The van der Waals surface area contributed by atoms with Gasteiger partial charge in [-0.3, -0.25) is 9.59 Å². The number of piperazine rings is 1. The highest BCUT2D eigenvalue weighted by Gasteiger charge is 2.37. The third-order valence-corrected chi connectivity index (χ3v) is 4.26. The number of nitrogens with zero attached hydrogens (tertiary/aromatic N) is 1. The van der Waals surface area contributed by atoms with Crippen LogP contribution in [0, 0.1) is 5.92 Å². The molecular formula is C16H26N2O2. The largest absolute Gasteiger partial charge is 0.343 e. The minimum Gasteiger partial charge on any atom is -0.343 e. The van der Waals surface area contributed by atoms with E-state index in [0.717, 1.165) is 25.7 Å². The van der Waals surface area contributed by atoms with Gasteiger partial charge in [-0.1, -0.05) is 25.5 Å². The number of hydrogen-bond donors (Lipinski definition) is 1. The van der Waals surface area contributed by atoms with Gasteiger partial charge in [0.2, 0.25) is 11.8 Å². The van der Waals surface area contributed by atoms with E-state index in [4.69, 9.17) is 0 Å². The summed E-state index contributed by atoms with van der Waals surface area (Å²) in [5.74, 6) is 0.470. The van der Waals surface area contributed by atoms with E-state index < -0.39 is 0 Å². The lowest BCUT2D eigenvalue weighted by Gasteiger charge is -2.38. The van der Waals surface area contributed by atoms with Gasteiger partial charge in [-0.2, -0.15) is 0 Å². The van der Waals surface area contributed by atoms with Gasteiger partial charge >= 0.3 is 0 Å². The van der Waals surface area contributed by atoms with Gasteiger partial charge in [0.1, 0.15) is 12.1 Å². The molecule has 2 amide bonds. The molecule has 2 rings (SSSR count). The Labute approximate surface area is 121 Å². The molecule has 0 radical (unpaired) electrons. The first kappa shape index (κ1) is 15.1. The normalized spacial score (nSPS) is 27.0. The monoisotopic (exact) mass is 278 g/mol. The minimum absolute atomic E-state index is 0.0179. The van der Waals surface area contributed by atoms with Crippen molar-refractivity contribution in [2.75, 3.05) is 6.54 Å². The quantitative estimate of drug-likeness (QED) is 0.784. The van der Waals surface area contributed by atoms with Crippen molar-refractivity contribution in [3.8, 4) is 0 Å². The summed E-state index contributed by atoms with van der Waals surface area (Å²) in [6.07, 6.45) is 7.46.